The van der Waals surface area contributed by atoms with E-state index in [1.165, 1.54) is 22.7 Å². The second kappa shape index (κ2) is 6.98. The first-order valence-corrected chi connectivity index (χ1v) is 9.33. The molecule has 7 nitrogen and oxygen atoms in total. The van der Waals surface area contributed by atoms with Crippen LogP contribution < -0.4 is 5.56 Å². The Balaban J connectivity index is 1.67. The van der Waals surface area contributed by atoms with Gasteiger partial charge in [0.05, 0.1) is 11.9 Å². The molecule has 1 aliphatic rings. The van der Waals surface area contributed by atoms with Crippen molar-refractivity contribution in [1.29, 1.82) is 0 Å². The molecule has 0 atom stereocenters. The highest BCUT2D eigenvalue weighted by Gasteiger charge is 2.19. The van der Waals surface area contributed by atoms with Gasteiger partial charge in [0.1, 0.15) is 18.3 Å². The highest BCUT2D eigenvalue weighted by atomic mass is 16.2. The van der Waals surface area contributed by atoms with Crippen molar-refractivity contribution in [2.45, 2.75) is 39.7 Å². The molecule has 3 aromatic rings. The fraction of sp³-hybridized carbons (Fsp3) is 0.400. The number of nitrogens with zero attached hydrogens (tertiary/aromatic N) is 5. The van der Waals surface area contributed by atoms with Crippen LogP contribution in [0.25, 0.3) is 16.7 Å². The minimum absolute atomic E-state index is 0.0243. The Morgan fingerprint density at radius 3 is 2.67 bits per heavy atom. The number of hydrogen-bond acceptors (Lipinski definition) is 4. The first kappa shape index (κ1) is 17.5. The predicted octanol–water partition coefficient (Wildman–Crippen LogP) is 2.21. The fourth-order valence-electron chi connectivity index (χ4n) is 3.67. The lowest BCUT2D eigenvalue weighted by Crippen LogP contribution is -2.39. The van der Waals surface area contributed by atoms with E-state index in [0.717, 1.165) is 43.6 Å². The predicted molar refractivity (Wildman–Crippen MR) is 103 cm³/mol. The summed E-state index contributed by atoms with van der Waals surface area (Å²) in [6.45, 7) is 5.61. The van der Waals surface area contributed by atoms with Crippen LogP contribution in [0, 0.1) is 13.8 Å². The lowest BCUT2D eigenvalue weighted by Gasteiger charge is -2.26. The molecule has 0 bridgehead atoms. The zero-order valence-electron chi connectivity index (χ0n) is 15.7. The fourth-order valence-corrected chi connectivity index (χ4v) is 3.67. The van der Waals surface area contributed by atoms with E-state index < -0.39 is 0 Å². The quantitative estimate of drug-likeness (QED) is 0.713. The van der Waals surface area contributed by atoms with E-state index >= 15 is 0 Å². The van der Waals surface area contributed by atoms with Crippen molar-refractivity contribution in [3.05, 3.63) is 52.2 Å². The Morgan fingerprint density at radius 1 is 1.15 bits per heavy atom. The molecule has 1 aliphatic heterocycles. The maximum Gasteiger partial charge on any atom is 0.264 e. The zero-order chi connectivity index (χ0) is 19.0. The molecule has 0 saturated carbocycles. The number of hydrogen-bond donors (Lipinski definition) is 0. The van der Waals surface area contributed by atoms with E-state index in [1.807, 2.05) is 30.9 Å². The van der Waals surface area contributed by atoms with Crippen molar-refractivity contribution in [3.63, 3.8) is 0 Å². The van der Waals surface area contributed by atoms with Gasteiger partial charge in [0.2, 0.25) is 5.91 Å². The molecule has 140 valence electrons. The number of carbonyl (C=O) groups excluding carboxylic acids is 1. The average Bonchev–Trinajstić information content (AvgIpc) is 3.09. The molecular weight excluding hydrogens is 342 g/mol. The molecule has 0 aliphatic carbocycles. The van der Waals surface area contributed by atoms with Gasteiger partial charge in [-0.3, -0.25) is 14.2 Å². The van der Waals surface area contributed by atoms with E-state index in [-0.39, 0.29) is 18.0 Å². The highest BCUT2D eigenvalue weighted by Crippen LogP contribution is 2.18. The molecule has 1 fully saturated rings. The van der Waals surface area contributed by atoms with E-state index in [1.54, 1.807) is 4.68 Å². The van der Waals surface area contributed by atoms with Crippen molar-refractivity contribution in [1.82, 2.24) is 24.2 Å². The van der Waals surface area contributed by atoms with Crippen LogP contribution in [0.4, 0.5) is 0 Å². The maximum atomic E-state index is 12.8. The van der Waals surface area contributed by atoms with Crippen molar-refractivity contribution in [2.24, 2.45) is 0 Å². The Morgan fingerprint density at radius 2 is 1.93 bits per heavy atom. The standard InChI is InChI=1S/C20H23N5O2/c1-14-6-7-17(15(2)10-14)25-19-16(11-22-25)20(27)24(13-21-19)12-18(26)23-8-4-3-5-9-23/h6-7,10-11,13H,3-5,8-9,12H2,1-2H3. The van der Waals surface area contributed by atoms with E-state index in [2.05, 4.69) is 16.1 Å². The summed E-state index contributed by atoms with van der Waals surface area (Å²) in [4.78, 5) is 31.6. The summed E-state index contributed by atoms with van der Waals surface area (Å²) in [5.74, 6) is -0.0280. The number of aromatic nitrogens is 4. The topological polar surface area (TPSA) is 73.0 Å². The third kappa shape index (κ3) is 3.25. The monoisotopic (exact) mass is 365 g/mol. The van der Waals surface area contributed by atoms with E-state index in [9.17, 15) is 9.59 Å². The summed E-state index contributed by atoms with van der Waals surface area (Å²) >= 11 is 0. The first-order valence-electron chi connectivity index (χ1n) is 9.33. The lowest BCUT2D eigenvalue weighted by atomic mass is 10.1. The molecule has 1 aromatic carbocycles. The SMILES string of the molecule is Cc1ccc(-n2ncc3c(=O)n(CC(=O)N4CCCCC4)cnc32)c(C)c1. The molecule has 3 heterocycles. The number of piperidine rings is 1. The number of carbonyl (C=O) groups is 1. The summed E-state index contributed by atoms with van der Waals surface area (Å²) in [6, 6.07) is 6.06. The minimum atomic E-state index is -0.235. The van der Waals surface area contributed by atoms with E-state index in [0.29, 0.717) is 11.0 Å². The molecule has 0 unspecified atom stereocenters. The number of amides is 1. The Hall–Kier alpha value is -2.96. The summed E-state index contributed by atoms with van der Waals surface area (Å²) < 4.78 is 3.07. The Bertz CT molecular complexity index is 1060. The van der Waals surface area contributed by atoms with Gasteiger partial charge in [0, 0.05) is 13.1 Å². The van der Waals surface area contributed by atoms with Crippen LogP contribution in [0.15, 0.2) is 35.5 Å². The third-order valence-corrected chi connectivity index (χ3v) is 5.15. The molecule has 1 amide bonds. The number of aryl methyl sites for hydroxylation is 2. The Kier molecular flexibility index (Phi) is 4.51. The van der Waals surface area contributed by atoms with Crippen LogP contribution in [0.1, 0.15) is 30.4 Å². The minimum Gasteiger partial charge on any atom is -0.341 e. The molecule has 0 N–H and O–H groups in total. The van der Waals surface area contributed by atoms with Crippen molar-refractivity contribution in [2.75, 3.05) is 13.1 Å². The highest BCUT2D eigenvalue weighted by molar-refractivity contribution is 5.78. The van der Waals surface area contributed by atoms with E-state index in [4.69, 9.17) is 0 Å². The molecule has 0 spiro atoms. The number of fused-ring (bicyclic) bond motifs is 1. The molecule has 0 radical (unpaired) electrons. The van der Waals surface area contributed by atoms with Crippen LogP contribution in [-0.2, 0) is 11.3 Å². The van der Waals surface area contributed by atoms with Gasteiger partial charge in [-0.05, 0) is 44.7 Å². The van der Waals surface area contributed by atoms with Crippen LogP contribution in [0.2, 0.25) is 0 Å². The van der Waals surface area contributed by atoms with Crippen LogP contribution in [-0.4, -0.2) is 43.2 Å². The maximum absolute atomic E-state index is 12.8. The van der Waals surface area contributed by atoms with Crippen molar-refractivity contribution < 1.29 is 4.79 Å². The summed E-state index contributed by atoms with van der Waals surface area (Å²) in [5.41, 5.74) is 3.39. The van der Waals surface area contributed by atoms with Gasteiger partial charge >= 0.3 is 0 Å². The van der Waals surface area contributed by atoms with Gasteiger partial charge < -0.3 is 4.90 Å². The van der Waals surface area contributed by atoms with Crippen molar-refractivity contribution >= 4 is 16.9 Å². The summed E-state index contributed by atoms with van der Waals surface area (Å²) in [7, 11) is 0. The molecule has 7 heteroatoms. The van der Waals surface area contributed by atoms with Gasteiger partial charge in [-0.2, -0.15) is 5.10 Å². The molecule has 4 rings (SSSR count). The average molecular weight is 365 g/mol. The number of rotatable bonds is 3. The zero-order valence-corrected chi connectivity index (χ0v) is 15.7. The number of benzene rings is 1. The van der Waals surface area contributed by atoms with Gasteiger partial charge in [0.25, 0.3) is 5.56 Å². The normalized spacial score (nSPS) is 14.7. The summed E-state index contributed by atoms with van der Waals surface area (Å²) in [5, 5.41) is 4.79. The second-order valence-corrected chi connectivity index (χ2v) is 7.20. The molecular formula is C20H23N5O2. The van der Waals surface area contributed by atoms with Gasteiger partial charge in [-0.25, -0.2) is 9.67 Å². The molecule has 1 saturated heterocycles. The molecule has 2 aromatic heterocycles. The largest absolute Gasteiger partial charge is 0.341 e. The Labute approximate surface area is 157 Å². The third-order valence-electron chi connectivity index (χ3n) is 5.15. The second-order valence-electron chi connectivity index (χ2n) is 7.20. The number of likely N-dealkylation sites (tertiary alicyclic amines) is 1. The molecule has 27 heavy (non-hydrogen) atoms. The van der Waals surface area contributed by atoms with Crippen LogP contribution in [0.5, 0.6) is 0 Å². The van der Waals surface area contributed by atoms with Gasteiger partial charge in [-0.15, -0.1) is 0 Å². The van der Waals surface area contributed by atoms with Crippen LogP contribution >= 0.6 is 0 Å². The lowest BCUT2D eigenvalue weighted by molar-refractivity contribution is -0.132. The van der Waals surface area contributed by atoms with Gasteiger partial charge in [-0.1, -0.05) is 17.7 Å². The first-order chi connectivity index (χ1) is 13.0. The van der Waals surface area contributed by atoms with Crippen LogP contribution in [0.3, 0.4) is 0 Å². The summed E-state index contributed by atoms with van der Waals surface area (Å²) in [6.07, 6.45) is 6.20. The van der Waals surface area contributed by atoms with Gasteiger partial charge in [0.15, 0.2) is 5.65 Å². The smallest absolute Gasteiger partial charge is 0.264 e. The van der Waals surface area contributed by atoms with Crippen molar-refractivity contribution in [3.8, 4) is 5.69 Å².